The summed E-state index contributed by atoms with van der Waals surface area (Å²) in [5.41, 5.74) is 13.8. The molecule has 0 spiro atoms. The smallest absolute Gasteiger partial charge is 0.404 e. The van der Waals surface area contributed by atoms with Crippen LogP contribution in [0.4, 0.5) is 10.5 Å². The molecule has 1 unspecified atom stereocenters. The highest BCUT2D eigenvalue weighted by Gasteiger charge is 2.29. The minimum atomic E-state index is -0.912. The zero-order chi connectivity index (χ0) is 44.8. The lowest BCUT2D eigenvalue weighted by Crippen LogP contribution is -2.55. The van der Waals surface area contributed by atoms with Gasteiger partial charge in [-0.25, -0.2) is 10.6 Å². The maximum Gasteiger partial charge on any atom is 0.404 e. The minimum Gasteiger partial charge on any atom is -0.445 e. The zero-order valence-electron chi connectivity index (χ0n) is 35.7. The van der Waals surface area contributed by atoms with Crippen LogP contribution >= 0.6 is 0 Å². The predicted octanol–water partition coefficient (Wildman–Crippen LogP) is -0.886. The average Bonchev–Trinajstić information content (AvgIpc) is 3.24. The SMILES string of the molecule is CC(C)C(NC(=O)COCCOCCOCCOCCOCCOCCOCCOCCOCC(=O)NN)C(=O)N[C@@H](CCCCN)C(=O)Nc1ccc(COC(N)=O)cc1. The van der Waals surface area contributed by atoms with Crippen LogP contribution in [0.15, 0.2) is 24.3 Å². The van der Waals surface area contributed by atoms with Crippen LogP contribution in [-0.4, -0.2) is 167 Å². The highest BCUT2D eigenvalue weighted by Crippen LogP contribution is 2.13. The number of amides is 5. The highest BCUT2D eigenvalue weighted by atomic mass is 16.6. The molecule has 0 aromatic heterocycles. The Morgan fingerprint density at radius 2 is 1.00 bits per heavy atom. The van der Waals surface area contributed by atoms with E-state index in [0.717, 1.165) is 0 Å². The molecule has 350 valence electrons. The number of hydrogen-bond acceptors (Lipinski definition) is 17. The van der Waals surface area contributed by atoms with E-state index in [1.165, 1.54) is 0 Å². The van der Waals surface area contributed by atoms with Crippen LogP contribution in [0.1, 0.15) is 38.7 Å². The number of nitrogens with one attached hydrogen (secondary N) is 4. The topological polar surface area (TPSA) is 304 Å². The van der Waals surface area contributed by atoms with Crippen molar-refractivity contribution in [2.24, 2.45) is 23.2 Å². The Morgan fingerprint density at radius 1 is 0.574 bits per heavy atom. The molecule has 0 aliphatic rings. The number of anilines is 1. The van der Waals surface area contributed by atoms with Crippen molar-refractivity contribution in [3.05, 3.63) is 29.8 Å². The Labute approximate surface area is 358 Å². The van der Waals surface area contributed by atoms with Gasteiger partial charge in [0.15, 0.2) is 0 Å². The van der Waals surface area contributed by atoms with Gasteiger partial charge in [-0.1, -0.05) is 26.0 Å². The third kappa shape index (κ3) is 31.4. The normalized spacial score (nSPS) is 12.1. The van der Waals surface area contributed by atoms with Crippen molar-refractivity contribution in [2.45, 2.75) is 51.8 Å². The minimum absolute atomic E-state index is 0.00647. The second-order valence-corrected chi connectivity index (χ2v) is 13.4. The van der Waals surface area contributed by atoms with E-state index in [9.17, 15) is 24.0 Å². The lowest BCUT2D eigenvalue weighted by molar-refractivity contribution is -0.134. The molecule has 1 rings (SSSR count). The lowest BCUT2D eigenvalue weighted by atomic mass is 10.0. The summed E-state index contributed by atoms with van der Waals surface area (Å²) in [6.07, 6.45) is 0.709. The Hall–Kier alpha value is -4.07. The van der Waals surface area contributed by atoms with Crippen molar-refractivity contribution < 1.29 is 71.3 Å². The van der Waals surface area contributed by atoms with Gasteiger partial charge >= 0.3 is 6.09 Å². The van der Waals surface area contributed by atoms with Crippen molar-refractivity contribution in [2.75, 3.05) is 131 Å². The maximum atomic E-state index is 13.3. The van der Waals surface area contributed by atoms with Crippen LogP contribution in [-0.2, 0) is 73.2 Å². The Bertz CT molecular complexity index is 1310. The lowest BCUT2D eigenvalue weighted by Gasteiger charge is -2.25. The number of hydrazine groups is 1. The summed E-state index contributed by atoms with van der Waals surface area (Å²) in [6, 6.07) is 4.83. The van der Waals surface area contributed by atoms with Crippen LogP contribution < -0.4 is 38.7 Å². The van der Waals surface area contributed by atoms with Crippen LogP contribution in [0.3, 0.4) is 0 Å². The van der Waals surface area contributed by atoms with Gasteiger partial charge in [0.25, 0.3) is 5.91 Å². The molecule has 10 N–H and O–H groups in total. The van der Waals surface area contributed by atoms with E-state index in [0.29, 0.717) is 123 Å². The monoisotopic (exact) mass is 875 g/mol. The molecular formula is C39H69N7O15. The molecule has 1 aromatic rings. The molecule has 22 nitrogen and oxygen atoms in total. The maximum absolute atomic E-state index is 13.3. The van der Waals surface area contributed by atoms with Gasteiger partial charge in [-0.15, -0.1) is 0 Å². The number of carbonyl (C=O) groups excluding carboxylic acids is 5. The van der Waals surface area contributed by atoms with Crippen LogP contribution in [0.2, 0.25) is 0 Å². The quantitative estimate of drug-likeness (QED) is 0.0182. The number of hydrogen-bond donors (Lipinski definition) is 7. The summed E-state index contributed by atoms with van der Waals surface area (Å²) in [6.45, 7) is 9.55. The van der Waals surface area contributed by atoms with Crippen molar-refractivity contribution in [3.8, 4) is 0 Å². The van der Waals surface area contributed by atoms with Gasteiger partial charge in [-0.05, 0) is 49.4 Å². The number of ether oxygens (including phenoxy) is 10. The van der Waals surface area contributed by atoms with Gasteiger partial charge in [0, 0.05) is 5.69 Å². The predicted molar refractivity (Wildman–Crippen MR) is 221 cm³/mol. The molecule has 2 atom stereocenters. The van der Waals surface area contributed by atoms with Crippen LogP contribution in [0, 0.1) is 5.92 Å². The second kappa shape index (κ2) is 37.7. The molecule has 0 saturated carbocycles. The molecule has 0 bridgehead atoms. The molecule has 61 heavy (non-hydrogen) atoms. The number of nitrogens with two attached hydrogens (primary N) is 3. The van der Waals surface area contributed by atoms with E-state index in [1.54, 1.807) is 38.1 Å². The van der Waals surface area contributed by atoms with Gasteiger partial charge in [0.1, 0.15) is 31.9 Å². The van der Waals surface area contributed by atoms with Gasteiger partial charge < -0.3 is 74.8 Å². The summed E-state index contributed by atoms with van der Waals surface area (Å²) >= 11 is 0. The first kappa shape index (κ1) is 54.9. The molecular weight excluding hydrogens is 806 g/mol. The zero-order valence-corrected chi connectivity index (χ0v) is 35.7. The van der Waals surface area contributed by atoms with E-state index in [4.69, 9.17) is 64.7 Å². The third-order valence-corrected chi connectivity index (χ3v) is 8.05. The van der Waals surface area contributed by atoms with Gasteiger partial charge in [-0.3, -0.25) is 24.6 Å². The first-order chi connectivity index (χ1) is 29.6. The fraction of sp³-hybridized carbons (Fsp3) is 0.718. The van der Waals surface area contributed by atoms with Crippen molar-refractivity contribution in [3.63, 3.8) is 0 Å². The summed E-state index contributed by atoms with van der Waals surface area (Å²) in [4.78, 5) is 60.9. The standard InChI is InChI=1S/C39H69N7O15/c1-30(2)36(38(50)44-33(5-3-4-10-40)37(49)43-32-8-6-31(7-9-32)27-61-39(41)51)45-34(47)28-59-25-23-57-21-19-55-17-15-53-13-11-52-12-14-54-16-18-56-20-22-58-24-26-60-29-35(48)46-42/h6-9,30,33,36H,3-5,10-29,40,42H2,1-2H3,(H2,41,51)(H,43,49)(H,44,50)(H,45,47)(H,46,48)/t33-,36?/m0/s1. The third-order valence-electron chi connectivity index (χ3n) is 8.05. The van der Waals surface area contributed by atoms with Crippen LogP contribution in [0.5, 0.6) is 0 Å². The largest absolute Gasteiger partial charge is 0.445 e. The summed E-state index contributed by atoms with van der Waals surface area (Å²) in [5.74, 6) is 2.84. The van der Waals surface area contributed by atoms with E-state index >= 15 is 0 Å². The van der Waals surface area contributed by atoms with Crippen molar-refractivity contribution in [1.29, 1.82) is 0 Å². The number of primary amides is 1. The molecule has 0 saturated heterocycles. The number of benzene rings is 1. The Kier molecular flexibility index (Phi) is 33.9. The number of rotatable bonds is 40. The summed E-state index contributed by atoms with van der Waals surface area (Å²) in [5, 5.41) is 8.27. The molecule has 1 aromatic carbocycles. The highest BCUT2D eigenvalue weighted by molar-refractivity contribution is 5.98. The van der Waals surface area contributed by atoms with E-state index in [2.05, 4.69) is 16.0 Å². The van der Waals surface area contributed by atoms with E-state index in [-0.39, 0.29) is 45.6 Å². The van der Waals surface area contributed by atoms with Gasteiger partial charge in [0.2, 0.25) is 17.7 Å². The van der Waals surface area contributed by atoms with E-state index in [1.807, 2.05) is 5.43 Å². The Morgan fingerprint density at radius 3 is 1.39 bits per heavy atom. The number of unbranched alkanes of at least 4 members (excludes halogenated alkanes) is 1. The molecule has 0 aliphatic carbocycles. The molecule has 0 aliphatic heterocycles. The number of carbonyl (C=O) groups is 5. The first-order valence-electron chi connectivity index (χ1n) is 20.4. The molecule has 0 radical (unpaired) electrons. The summed E-state index contributed by atoms with van der Waals surface area (Å²) in [7, 11) is 0. The molecule has 0 heterocycles. The van der Waals surface area contributed by atoms with Gasteiger partial charge in [0.05, 0.1) is 106 Å². The first-order valence-corrected chi connectivity index (χ1v) is 20.4. The second-order valence-electron chi connectivity index (χ2n) is 13.4. The Balaban J connectivity index is 2.09. The van der Waals surface area contributed by atoms with Crippen molar-refractivity contribution in [1.82, 2.24) is 16.1 Å². The summed E-state index contributed by atoms with van der Waals surface area (Å²) < 4.78 is 53.3. The van der Waals surface area contributed by atoms with E-state index < -0.39 is 41.8 Å². The molecule has 5 amide bonds. The van der Waals surface area contributed by atoms with Crippen molar-refractivity contribution >= 4 is 35.4 Å². The fourth-order valence-corrected chi connectivity index (χ4v) is 4.87. The van der Waals surface area contributed by atoms with Crippen LogP contribution in [0.25, 0.3) is 0 Å². The fourth-order valence-electron chi connectivity index (χ4n) is 4.87. The molecule has 22 heteroatoms. The average molecular weight is 876 g/mol. The van der Waals surface area contributed by atoms with Gasteiger partial charge in [-0.2, -0.15) is 0 Å². The molecule has 0 fully saturated rings.